The highest BCUT2D eigenvalue weighted by Crippen LogP contribution is 2.31. The number of anilines is 1. The lowest BCUT2D eigenvalue weighted by Gasteiger charge is -2.19. The third kappa shape index (κ3) is 2.32. The Bertz CT molecular complexity index is 318. The van der Waals surface area contributed by atoms with Crippen LogP contribution < -0.4 is 5.73 Å². The summed E-state index contributed by atoms with van der Waals surface area (Å²) < 4.78 is 0. The van der Waals surface area contributed by atoms with Crippen molar-refractivity contribution in [2.24, 2.45) is 5.92 Å². The normalized spacial score (nSPS) is 24.3. The van der Waals surface area contributed by atoms with E-state index in [0.717, 1.165) is 11.6 Å². The van der Waals surface area contributed by atoms with Gasteiger partial charge in [-0.15, -0.1) is 0 Å². The molecule has 1 fully saturated rings. The summed E-state index contributed by atoms with van der Waals surface area (Å²) >= 11 is 0. The van der Waals surface area contributed by atoms with Crippen molar-refractivity contribution >= 4 is 5.69 Å². The van der Waals surface area contributed by atoms with E-state index in [1.807, 2.05) is 12.1 Å². The molecule has 2 N–H and O–H groups in total. The van der Waals surface area contributed by atoms with Crippen LogP contribution in [0.2, 0.25) is 0 Å². The third-order valence-electron chi connectivity index (χ3n) is 3.60. The zero-order valence-corrected chi connectivity index (χ0v) is 9.61. The van der Waals surface area contributed by atoms with Gasteiger partial charge in [-0.2, -0.15) is 0 Å². The van der Waals surface area contributed by atoms with Crippen LogP contribution in [0, 0.1) is 5.92 Å². The number of hydrogen-bond donors (Lipinski definition) is 1. The standard InChI is InChI=1S/C13H20N2/c1-10(12-7-8-15(2)9-12)11-3-5-13(14)6-4-11/h3-6,10,12H,7-9,14H2,1-2H3. The summed E-state index contributed by atoms with van der Waals surface area (Å²) in [6.45, 7) is 4.80. The second-order valence-electron chi connectivity index (χ2n) is 4.77. The van der Waals surface area contributed by atoms with E-state index in [-0.39, 0.29) is 0 Å². The summed E-state index contributed by atoms with van der Waals surface area (Å²) in [5.41, 5.74) is 7.97. The number of nitrogens with two attached hydrogens (primary N) is 1. The Morgan fingerprint density at radius 3 is 2.53 bits per heavy atom. The fourth-order valence-corrected chi connectivity index (χ4v) is 2.45. The Morgan fingerprint density at radius 2 is 2.00 bits per heavy atom. The van der Waals surface area contributed by atoms with Gasteiger partial charge in [-0.3, -0.25) is 0 Å². The van der Waals surface area contributed by atoms with E-state index in [0.29, 0.717) is 5.92 Å². The van der Waals surface area contributed by atoms with E-state index in [2.05, 4.69) is 31.0 Å². The lowest BCUT2D eigenvalue weighted by Crippen LogP contribution is -2.17. The molecule has 1 aromatic rings. The van der Waals surface area contributed by atoms with Gasteiger partial charge in [-0.05, 0) is 49.5 Å². The minimum atomic E-state index is 0.649. The Hall–Kier alpha value is -1.02. The van der Waals surface area contributed by atoms with Gasteiger partial charge in [0.2, 0.25) is 0 Å². The molecule has 2 rings (SSSR count). The molecule has 1 aliphatic heterocycles. The summed E-state index contributed by atoms with van der Waals surface area (Å²) in [4.78, 5) is 2.42. The van der Waals surface area contributed by atoms with Crippen LogP contribution in [-0.2, 0) is 0 Å². The number of likely N-dealkylation sites (tertiary alicyclic amines) is 1. The first kappa shape index (κ1) is 10.5. The predicted molar refractivity (Wildman–Crippen MR) is 64.9 cm³/mol. The van der Waals surface area contributed by atoms with Gasteiger partial charge in [-0.25, -0.2) is 0 Å². The topological polar surface area (TPSA) is 29.3 Å². The van der Waals surface area contributed by atoms with Crippen LogP contribution in [0.1, 0.15) is 24.8 Å². The van der Waals surface area contributed by atoms with Gasteiger partial charge in [0.15, 0.2) is 0 Å². The average molecular weight is 204 g/mol. The molecule has 1 aliphatic rings. The molecular formula is C13H20N2. The van der Waals surface area contributed by atoms with Crippen LogP contribution in [0.15, 0.2) is 24.3 Å². The van der Waals surface area contributed by atoms with Gasteiger partial charge < -0.3 is 10.6 Å². The first-order valence-corrected chi connectivity index (χ1v) is 5.71. The van der Waals surface area contributed by atoms with Crippen LogP contribution >= 0.6 is 0 Å². The number of nitrogen functional groups attached to an aromatic ring is 1. The van der Waals surface area contributed by atoms with Gasteiger partial charge in [0.1, 0.15) is 0 Å². The fourth-order valence-electron chi connectivity index (χ4n) is 2.45. The molecule has 2 heteroatoms. The molecule has 0 amide bonds. The maximum atomic E-state index is 5.69. The predicted octanol–water partition coefficient (Wildman–Crippen LogP) is 2.32. The Kier molecular flexibility index (Phi) is 2.96. The van der Waals surface area contributed by atoms with E-state index >= 15 is 0 Å². The summed E-state index contributed by atoms with van der Waals surface area (Å²) in [6, 6.07) is 8.34. The van der Waals surface area contributed by atoms with Crippen molar-refractivity contribution in [1.82, 2.24) is 4.90 Å². The third-order valence-corrected chi connectivity index (χ3v) is 3.60. The van der Waals surface area contributed by atoms with Gasteiger partial charge in [0, 0.05) is 12.2 Å². The van der Waals surface area contributed by atoms with E-state index in [4.69, 9.17) is 5.73 Å². The molecular weight excluding hydrogens is 184 g/mol. The molecule has 0 radical (unpaired) electrons. The van der Waals surface area contributed by atoms with E-state index in [1.165, 1.54) is 25.1 Å². The SMILES string of the molecule is CC(c1ccc(N)cc1)C1CCN(C)C1. The maximum Gasteiger partial charge on any atom is 0.0314 e. The largest absolute Gasteiger partial charge is 0.399 e. The maximum absolute atomic E-state index is 5.69. The number of benzene rings is 1. The zero-order chi connectivity index (χ0) is 10.8. The molecule has 0 aromatic heterocycles. The molecule has 0 saturated carbocycles. The minimum Gasteiger partial charge on any atom is -0.399 e. The summed E-state index contributed by atoms with van der Waals surface area (Å²) in [5, 5.41) is 0. The molecule has 0 bridgehead atoms. The Balaban J connectivity index is 2.07. The van der Waals surface area contributed by atoms with Crippen LogP contribution in [-0.4, -0.2) is 25.0 Å². The second kappa shape index (κ2) is 4.23. The first-order chi connectivity index (χ1) is 7.16. The highest BCUT2D eigenvalue weighted by Gasteiger charge is 2.25. The van der Waals surface area contributed by atoms with Crippen molar-refractivity contribution in [2.75, 3.05) is 25.9 Å². The molecule has 82 valence electrons. The van der Waals surface area contributed by atoms with Crippen molar-refractivity contribution < 1.29 is 0 Å². The molecule has 0 aliphatic carbocycles. The second-order valence-corrected chi connectivity index (χ2v) is 4.77. The Morgan fingerprint density at radius 1 is 1.33 bits per heavy atom. The average Bonchev–Trinajstić information content (AvgIpc) is 2.65. The number of rotatable bonds is 2. The van der Waals surface area contributed by atoms with E-state index < -0.39 is 0 Å². The zero-order valence-electron chi connectivity index (χ0n) is 9.61. The molecule has 1 heterocycles. The Labute approximate surface area is 92.1 Å². The van der Waals surface area contributed by atoms with Crippen molar-refractivity contribution in [3.8, 4) is 0 Å². The fraction of sp³-hybridized carbons (Fsp3) is 0.538. The smallest absolute Gasteiger partial charge is 0.0314 e. The van der Waals surface area contributed by atoms with Crippen molar-refractivity contribution in [2.45, 2.75) is 19.3 Å². The van der Waals surface area contributed by atoms with Crippen molar-refractivity contribution in [3.63, 3.8) is 0 Å². The molecule has 0 spiro atoms. The molecule has 2 atom stereocenters. The van der Waals surface area contributed by atoms with Crippen molar-refractivity contribution in [3.05, 3.63) is 29.8 Å². The molecule has 1 aromatic carbocycles. The highest BCUT2D eigenvalue weighted by atomic mass is 15.1. The van der Waals surface area contributed by atoms with Crippen LogP contribution in [0.3, 0.4) is 0 Å². The molecule has 2 nitrogen and oxygen atoms in total. The van der Waals surface area contributed by atoms with Crippen LogP contribution in [0.25, 0.3) is 0 Å². The van der Waals surface area contributed by atoms with E-state index in [9.17, 15) is 0 Å². The van der Waals surface area contributed by atoms with Crippen LogP contribution in [0.4, 0.5) is 5.69 Å². The summed E-state index contributed by atoms with van der Waals surface area (Å²) in [6.07, 6.45) is 1.32. The number of hydrogen-bond acceptors (Lipinski definition) is 2. The van der Waals surface area contributed by atoms with Gasteiger partial charge in [-0.1, -0.05) is 19.1 Å². The quantitative estimate of drug-likeness (QED) is 0.749. The first-order valence-electron chi connectivity index (χ1n) is 5.71. The van der Waals surface area contributed by atoms with Gasteiger partial charge >= 0.3 is 0 Å². The molecule has 1 saturated heterocycles. The summed E-state index contributed by atoms with van der Waals surface area (Å²) in [5.74, 6) is 1.45. The lowest BCUT2D eigenvalue weighted by atomic mass is 9.87. The molecule has 2 unspecified atom stereocenters. The summed E-state index contributed by atoms with van der Waals surface area (Å²) in [7, 11) is 2.20. The van der Waals surface area contributed by atoms with Gasteiger partial charge in [0.25, 0.3) is 0 Å². The lowest BCUT2D eigenvalue weighted by molar-refractivity contribution is 0.377. The van der Waals surface area contributed by atoms with Crippen molar-refractivity contribution in [1.29, 1.82) is 0 Å². The highest BCUT2D eigenvalue weighted by molar-refractivity contribution is 5.40. The number of nitrogens with zero attached hydrogens (tertiary/aromatic N) is 1. The minimum absolute atomic E-state index is 0.649. The van der Waals surface area contributed by atoms with Crippen LogP contribution in [0.5, 0.6) is 0 Å². The van der Waals surface area contributed by atoms with Gasteiger partial charge in [0.05, 0.1) is 0 Å². The van der Waals surface area contributed by atoms with E-state index in [1.54, 1.807) is 0 Å². The molecule has 15 heavy (non-hydrogen) atoms. The monoisotopic (exact) mass is 204 g/mol.